The molecule has 0 aliphatic rings. The molecule has 13 heteroatoms. The maximum absolute atomic E-state index is 12.7. The number of benzene rings is 2. The van der Waals surface area contributed by atoms with E-state index in [-0.39, 0.29) is 16.5 Å². The van der Waals surface area contributed by atoms with E-state index in [4.69, 9.17) is 32.3 Å². The third-order valence-electron chi connectivity index (χ3n) is 3.36. The highest BCUT2D eigenvalue weighted by molar-refractivity contribution is 7.84. The molecule has 28 heavy (non-hydrogen) atoms. The van der Waals surface area contributed by atoms with E-state index in [0.29, 0.717) is 6.07 Å². The average molecular weight is 460 g/mol. The van der Waals surface area contributed by atoms with Gasteiger partial charge >= 0.3 is 18.6 Å². The predicted octanol–water partition coefficient (Wildman–Crippen LogP) is 6.21. The molecule has 0 radical (unpaired) electrons. The Kier molecular flexibility index (Phi) is 6.50. The molecule has 0 aliphatic carbocycles. The number of nitrogens with zero attached hydrogens (tertiary/aromatic N) is 1. The van der Waals surface area contributed by atoms with E-state index in [9.17, 15) is 32.7 Å². The molecular formula is C15H11Cl2F3NO6P. The van der Waals surface area contributed by atoms with Crippen molar-refractivity contribution in [2.24, 2.45) is 0 Å². The summed E-state index contributed by atoms with van der Waals surface area (Å²) in [5.74, 6) is -2.12. The van der Waals surface area contributed by atoms with Crippen LogP contribution in [0.1, 0.15) is 12.5 Å². The highest BCUT2D eigenvalue weighted by Crippen LogP contribution is 2.52. The largest absolute Gasteiger partial charge is 0.472 e. The van der Waals surface area contributed by atoms with Crippen LogP contribution < -0.4 is 9.47 Å². The van der Waals surface area contributed by atoms with Crippen molar-refractivity contribution in [3.05, 3.63) is 57.1 Å². The lowest BCUT2D eigenvalue weighted by Gasteiger charge is -2.16. The number of rotatable bonds is 6. The van der Waals surface area contributed by atoms with Crippen LogP contribution in [-0.4, -0.2) is 15.7 Å². The van der Waals surface area contributed by atoms with E-state index in [1.165, 1.54) is 0 Å². The second kappa shape index (κ2) is 8.16. The zero-order valence-electron chi connectivity index (χ0n) is 13.8. The van der Waals surface area contributed by atoms with E-state index in [1.807, 2.05) is 0 Å². The zero-order valence-corrected chi connectivity index (χ0v) is 16.2. The molecule has 0 heterocycles. The minimum Gasteiger partial charge on any atom is -0.472 e. The van der Waals surface area contributed by atoms with E-state index in [1.54, 1.807) is 0 Å². The standard InChI is InChI=1S/C15H11Cl2F3NO6P/c1-8(28(17,24)25)26-14-7-10(3-4-12(14)21(22)23)27-13-5-2-9(6-11(13)16)15(18,19)20/h2-8H,1H3,(H,24,25). The van der Waals surface area contributed by atoms with Crippen LogP contribution in [0.25, 0.3) is 0 Å². The van der Waals surface area contributed by atoms with Gasteiger partial charge in [0.2, 0.25) is 5.75 Å². The van der Waals surface area contributed by atoms with Gasteiger partial charge in [-0.05, 0) is 42.4 Å². The van der Waals surface area contributed by atoms with Gasteiger partial charge in [0.25, 0.3) is 0 Å². The molecule has 0 saturated heterocycles. The van der Waals surface area contributed by atoms with Crippen molar-refractivity contribution in [2.75, 3.05) is 0 Å². The molecule has 0 amide bonds. The summed E-state index contributed by atoms with van der Waals surface area (Å²) in [5.41, 5.74) is -1.52. The minimum absolute atomic E-state index is 0.0724. The maximum Gasteiger partial charge on any atom is 0.416 e. The van der Waals surface area contributed by atoms with Gasteiger partial charge in [-0.2, -0.15) is 13.2 Å². The predicted molar refractivity (Wildman–Crippen MR) is 95.4 cm³/mol. The van der Waals surface area contributed by atoms with Gasteiger partial charge in [-0.1, -0.05) is 11.6 Å². The summed E-state index contributed by atoms with van der Waals surface area (Å²) < 4.78 is 59.9. The van der Waals surface area contributed by atoms with Crippen LogP contribution in [0.5, 0.6) is 17.2 Å². The van der Waals surface area contributed by atoms with Gasteiger partial charge in [0.1, 0.15) is 11.5 Å². The Hall–Kier alpha value is -2.00. The topological polar surface area (TPSA) is 98.9 Å². The van der Waals surface area contributed by atoms with Crippen LogP contribution in [0.3, 0.4) is 0 Å². The lowest BCUT2D eigenvalue weighted by Crippen LogP contribution is -2.11. The SMILES string of the molecule is CC(Oc1cc(Oc2ccc(C(F)(F)F)cc2Cl)ccc1[N+](=O)[O-])P(=O)(O)Cl. The first-order chi connectivity index (χ1) is 12.8. The van der Waals surface area contributed by atoms with Crippen molar-refractivity contribution in [1.82, 2.24) is 0 Å². The molecule has 0 fully saturated rings. The van der Waals surface area contributed by atoms with Crippen molar-refractivity contribution < 1.29 is 37.0 Å². The van der Waals surface area contributed by atoms with Gasteiger partial charge in [-0.15, -0.1) is 0 Å². The summed E-state index contributed by atoms with van der Waals surface area (Å²) in [6, 6.07) is 5.57. The fourth-order valence-corrected chi connectivity index (χ4v) is 2.52. The number of hydrogen-bond acceptors (Lipinski definition) is 5. The second-order valence-electron chi connectivity index (χ2n) is 5.39. The summed E-state index contributed by atoms with van der Waals surface area (Å²) in [5, 5.41) is 10.8. The molecule has 0 aromatic heterocycles. The zero-order chi connectivity index (χ0) is 21.3. The van der Waals surface area contributed by atoms with Gasteiger partial charge in [0.05, 0.1) is 15.5 Å². The monoisotopic (exact) mass is 459 g/mol. The molecule has 0 aliphatic heterocycles. The van der Waals surface area contributed by atoms with Crippen molar-refractivity contribution in [3.63, 3.8) is 0 Å². The quantitative estimate of drug-likeness (QED) is 0.313. The molecule has 152 valence electrons. The fourth-order valence-electron chi connectivity index (χ4n) is 1.94. The first-order valence-electron chi connectivity index (χ1n) is 7.31. The Balaban J connectivity index is 2.36. The van der Waals surface area contributed by atoms with Crippen molar-refractivity contribution >= 4 is 35.3 Å². The summed E-state index contributed by atoms with van der Waals surface area (Å²) in [7, 11) is 0. The molecule has 0 bridgehead atoms. The highest BCUT2D eigenvalue weighted by atomic mass is 35.7. The first kappa shape index (κ1) is 22.3. The Labute approximate surface area is 166 Å². The smallest absolute Gasteiger partial charge is 0.416 e. The maximum atomic E-state index is 12.7. The van der Waals surface area contributed by atoms with Crippen LogP contribution in [-0.2, 0) is 10.7 Å². The van der Waals surface area contributed by atoms with Crippen LogP contribution in [0.2, 0.25) is 5.02 Å². The Morgan fingerprint density at radius 1 is 1.21 bits per heavy atom. The van der Waals surface area contributed by atoms with E-state index in [2.05, 4.69) is 0 Å². The summed E-state index contributed by atoms with van der Waals surface area (Å²) in [6.45, 7) is -3.09. The van der Waals surface area contributed by atoms with E-state index >= 15 is 0 Å². The Bertz CT molecular complexity index is 950. The van der Waals surface area contributed by atoms with E-state index < -0.39 is 40.7 Å². The molecule has 2 rings (SSSR count). The molecule has 2 aromatic carbocycles. The average Bonchev–Trinajstić information content (AvgIpc) is 2.54. The minimum atomic E-state index is -4.59. The third kappa shape index (κ3) is 5.51. The number of nitro groups is 1. The molecular weight excluding hydrogens is 449 g/mol. The van der Waals surface area contributed by atoms with Crippen LogP contribution in [0.4, 0.5) is 18.9 Å². The summed E-state index contributed by atoms with van der Waals surface area (Å²) in [6.07, 6.45) is -4.59. The Morgan fingerprint density at radius 3 is 2.36 bits per heavy atom. The lowest BCUT2D eigenvalue weighted by atomic mass is 10.2. The molecule has 0 spiro atoms. The fraction of sp³-hybridized carbons (Fsp3) is 0.200. The molecule has 2 aromatic rings. The number of ether oxygens (including phenoxy) is 2. The van der Waals surface area contributed by atoms with Gasteiger partial charge in [-0.25, -0.2) is 0 Å². The molecule has 2 unspecified atom stereocenters. The third-order valence-corrected chi connectivity index (χ3v) is 5.48. The van der Waals surface area contributed by atoms with Crippen molar-refractivity contribution in [1.29, 1.82) is 0 Å². The number of hydrogen-bond donors (Lipinski definition) is 1. The van der Waals surface area contributed by atoms with E-state index in [0.717, 1.165) is 37.3 Å². The molecule has 7 nitrogen and oxygen atoms in total. The van der Waals surface area contributed by atoms with Gasteiger partial charge < -0.3 is 14.4 Å². The number of nitro benzene ring substituents is 1. The van der Waals surface area contributed by atoms with Crippen LogP contribution in [0, 0.1) is 10.1 Å². The second-order valence-corrected chi connectivity index (χ2v) is 9.07. The number of halogens is 5. The molecule has 0 saturated carbocycles. The van der Waals surface area contributed by atoms with Gasteiger partial charge in [0.15, 0.2) is 5.85 Å². The van der Waals surface area contributed by atoms with Crippen molar-refractivity contribution in [2.45, 2.75) is 18.9 Å². The Morgan fingerprint density at radius 2 is 1.86 bits per heavy atom. The van der Waals surface area contributed by atoms with Crippen molar-refractivity contribution in [3.8, 4) is 17.2 Å². The van der Waals surface area contributed by atoms with Crippen LogP contribution in [0.15, 0.2) is 36.4 Å². The number of alkyl halides is 3. The molecule has 1 N–H and O–H groups in total. The lowest BCUT2D eigenvalue weighted by molar-refractivity contribution is -0.386. The highest BCUT2D eigenvalue weighted by Gasteiger charge is 2.31. The summed E-state index contributed by atoms with van der Waals surface area (Å²) in [4.78, 5) is 19.6. The molecule has 2 atom stereocenters. The van der Waals surface area contributed by atoms with Gasteiger partial charge in [-0.3, -0.25) is 14.7 Å². The summed E-state index contributed by atoms with van der Waals surface area (Å²) >= 11 is 11.1. The first-order valence-corrected chi connectivity index (χ1v) is 10.3. The van der Waals surface area contributed by atoms with Crippen LogP contribution >= 0.6 is 29.6 Å². The van der Waals surface area contributed by atoms with Gasteiger partial charge in [0, 0.05) is 12.1 Å². The normalized spacial score (nSPS) is 14.8.